The lowest BCUT2D eigenvalue weighted by molar-refractivity contribution is 0.0999. The summed E-state index contributed by atoms with van der Waals surface area (Å²) >= 11 is 0. The van der Waals surface area contributed by atoms with Crippen molar-refractivity contribution in [2.24, 2.45) is 4.99 Å². The van der Waals surface area contributed by atoms with Crippen molar-refractivity contribution in [1.29, 1.82) is 0 Å². The molecule has 1 aliphatic rings. The van der Waals surface area contributed by atoms with Crippen LogP contribution in [0, 0.1) is 0 Å². The maximum absolute atomic E-state index is 11.8. The van der Waals surface area contributed by atoms with E-state index in [2.05, 4.69) is 10.3 Å². The highest BCUT2D eigenvalue weighted by Crippen LogP contribution is 2.04. The summed E-state index contributed by atoms with van der Waals surface area (Å²) in [4.78, 5) is 16.1. The van der Waals surface area contributed by atoms with Gasteiger partial charge in [0.2, 0.25) is 0 Å². The van der Waals surface area contributed by atoms with Gasteiger partial charge in [0.1, 0.15) is 5.84 Å². The number of hydrogen-bond acceptors (Lipinski definition) is 3. The largest absolute Gasteiger partial charge is 0.373 e. The molecule has 0 atom stereocenters. The van der Waals surface area contributed by atoms with Crippen LogP contribution in [0.2, 0.25) is 0 Å². The smallest absolute Gasteiger partial charge is 0.170 e. The summed E-state index contributed by atoms with van der Waals surface area (Å²) in [5, 5.41) is 3.15. The number of carbonyl (C=O) groups is 1. The zero-order valence-corrected chi connectivity index (χ0v) is 8.57. The first kappa shape index (κ1) is 9.90. The molecule has 0 aliphatic carbocycles. The fourth-order valence-electron chi connectivity index (χ4n) is 1.58. The second-order valence-corrected chi connectivity index (χ2v) is 3.57. The summed E-state index contributed by atoms with van der Waals surface area (Å²) in [6.45, 7) is 1.77. The minimum atomic E-state index is 0.128. The molecular weight excluding hydrogens is 188 g/mol. The van der Waals surface area contributed by atoms with Crippen molar-refractivity contribution in [2.45, 2.75) is 12.8 Å². The number of rotatable bonds is 3. The Morgan fingerprint density at radius 2 is 2.13 bits per heavy atom. The van der Waals surface area contributed by atoms with Crippen LogP contribution < -0.4 is 5.32 Å². The monoisotopic (exact) mass is 202 g/mol. The number of Topliss-reactive ketones (excluding diaryl/α,β-unsaturated/α-hetero) is 1. The number of aliphatic imine (C=N–C) groups is 1. The van der Waals surface area contributed by atoms with Gasteiger partial charge in [0.15, 0.2) is 5.78 Å². The molecule has 0 saturated carbocycles. The number of nitrogens with zero attached hydrogens (tertiary/aromatic N) is 1. The van der Waals surface area contributed by atoms with E-state index in [4.69, 9.17) is 0 Å². The van der Waals surface area contributed by atoms with Crippen LogP contribution in [0.5, 0.6) is 0 Å². The predicted octanol–water partition coefficient (Wildman–Crippen LogP) is 1.65. The van der Waals surface area contributed by atoms with E-state index in [1.807, 2.05) is 30.3 Å². The fraction of sp³-hybridized carbons (Fsp3) is 0.333. The number of nitrogens with one attached hydrogen (secondary N) is 1. The maximum atomic E-state index is 11.8. The summed E-state index contributed by atoms with van der Waals surface area (Å²) < 4.78 is 0. The van der Waals surface area contributed by atoms with Crippen LogP contribution >= 0.6 is 0 Å². The van der Waals surface area contributed by atoms with Gasteiger partial charge >= 0.3 is 0 Å². The van der Waals surface area contributed by atoms with Crippen molar-refractivity contribution in [3.63, 3.8) is 0 Å². The van der Waals surface area contributed by atoms with Crippen LogP contribution in [0.3, 0.4) is 0 Å². The number of ketones is 1. The van der Waals surface area contributed by atoms with Crippen molar-refractivity contribution >= 4 is 11.6 Å². The first-order valence-electron chi connectivity index (χ1n) is 5.22. The molecule has 0 saturated heterocycles. The third-order valence-electron chi connectivity index (χ3n) is 2.39. The molecule has 0 bridgehead atoms. The molecule has 2 rings (SSSR count). The van der Waals surface area contributed by atoms with Crippen molar-refractivity contribution in [1.82, 2.24) is 5.32 Å². The Labute approximate surface area is 89.2 Å². The maximum Gasteiger partial charge on any atom is 0.170 e. The Bertz CT molecular complexity index is 370. The van der Waals surface area contributed by atoms with Crippen LogP contribution in [-0.4, -0.2) is 24.7 Å². The Kier molecular flexibility index (Phi) is 3.12. The lowest BCUT2D eigenvalue weighted by Gasteiger charge is -2.13. The van der Waals surface area contributed by atoms with E-state index in [0.717, 1.165) is 30.9 Å². The molecule has 0 radical (unpaired) electrons. The molecule has 78 valence electrons. The molecule has 0 aromatic heterocycles. The van der Waals surface area contributed by atoms with Crippen LogP contribution in [0.4, 0.5) is 0 Å². The number of amidine groups is 1. The topological polar surface area (TPSA) is 41.5 Å². The van der Waals surface area contributed by atoms with Gasteiger partial charge in [0, 0.05) is 18.7 Å². The summed E-state index contributed by atoms with van der Waals surface area (Å²) in [6, 6.07) is 9.34. The van der Waals surface area contributed by atoms with Crippen molar-refractivity contribution in [3.05, 3.63) is 35.9 Å². The molecule has 1 aromatic rings. The Balaban J connectivity index is 2.01. The van der Waals surface area contributed by atoms with Crippen molar-refractivity contribution in [2.75, 3.05) is 13.1 Å². The zero-order chi connectivity index (χ0) is 10.5. The van der Waals surface area contributed by atoms with E-state index >= 15 is 0 Å². The van der Waals surface area contributed by atoms with Crippen LogP contribution in [-0.2, 0) is 0 Å². The highest BCUT2D eigenvalue weighted by atomic mass is 16.1. The third kappa shape index (κ3) is 2.65. The average Bonchev–Trinajstić information content (AvgIpc) is 2.31. The minimum Gasteiger partial charge on any atom is -0.373 e. The molecule has 0 unspecified atom stereocenters. The molecule has 3 nitrogen and oxygen atoms in total. The Hall–Kier alpha value is -1.64. The second-order valence-electron chi connectivity index (χ2n) is 3.57. The van der Waals surface area contributed by atoms with Gasteiger partial charge in [-0.05, 0) is 6.42 Å². The van der Waals surface area contributed by atoms with Gasteiger partial charge in [0.25, 0.3) is 0 Å². The lowest BCUT2D eigenvalue weighted by atomic mass is 10.1. The SMILES string of the molecule is O=C(CC1=NCCCN1)c1ccccc1. The number of carbonyl (C=O) groups excluding carboxylic acids is 1. The Morgan fingerprint density at radius 1 is 1.33 bits per heavy atom. The molecule has 3 heteroatoms. The first-order valence-corrected chi connectivity index (χ1v) is 5.22. The van der Waals surface area contributed by atoms with Crippen LogP contribution in [0.1, 0.15) is 23.2 Å². The van der Waals surface area contributed by atoms with Gasteiger partial charge < -0.3 is 5.32 Å². The third-order valence-corrected chi connectivity index (χ3v) is 2.39. The van der Waals surface area contributed by atoms with E-state index in [-0.39, 0.29) is 5.78 Å². The van der Waals surface area contributed by atoms with Gasteiger partial charge in [-0.25, -0.2) is 0 Å². The van der Waals surface area contributed by atoms with Crippen LogP contribution in [0.15, 0.2) is 35.3 Å². The molecule has 1 N–H and O–H groups in total. The summed E-state index contributed by atoms with van der Waals surface area (Å²) in [5.41, 5.74) is 0.757. The summed E-state index contributed by atoms with van der Waals surface area (Å²) in [6.07, 6.45) is 1.45. The quantitative estimate of drug-likeness (QED) is 0.757. The zero-order valence-electron chi connectivity index (χ0n) is 8.57. The average molecular weight is 202 g/mol. The Morgan fingerprint density at radius 3 is 2.80 bits per heavy atom. The molecule has 15 heavy (non-hydrogen) atoms. The molecule has 1 aromatic carbocycles. The predicted molar refractivity (Wildman–Crippen MR) is 60.3 cm³/mol. The molecule has 1 heterocycles. The molecule has 1 aliphatic heterocycles. The van der Waals surface area contributed by atoms with Gasteiger partial charge in [-0.3, -0.25) is 9.79 Å². The van der Waals surface area contributed by atoms with Gasteiger partial charge in [-0.1, -0.05) is 30.3 Å². The highest BCUT2D eigenvalue weighted by Gasteiger charge is 2.11. The number of hydrogen-bond donors (Lipinski definition) is 1. The summed E-state index contributed by atoms with van der Waals surface area (Å²) in [5.74, 6) is 0.957. The minimum absolute atomic E-state index is 0.128. The van der Waals surface area contributed by atoms with Gasteiger partial charge in [0.05, 0.1) is 6.42 Å². The fourth-order valence-corrected chi connectivity index (χ4v) is 1.58. The number of benzene rings is 1. The van der Waals surface area contributed by atoms with E-state index in [1.54, 1.807) is 0 Å². The van der Waals surface area contributed by atoms with E-state index < -0.39 is 0 Å². The van der Waals surface area contributed by atoms with E-state index in [1.165, 1.54) is 0 Å². The lowest BCUT2D eigenvalue weighted by Crippen LogP contribution is -2.31. The van der Waals surface area contributed by atoms with Crippen LogP contribution in [0.25, 0.3) is 0 Å². The normalized spacial score (nSPS) is 15.3. The summed E-state index contributed by atoms with van der Waals surface area (Å²) in [7, 11) is 0. The standard InChI is InChI=1S/C12H14N2O/c15-11(10-5-2-1-3-6-10)9-12-13-7-4-8-14-12/h1-3,5-6H,4,7-9H2,(H,13,14). The van der Waals surface area contributed by atoms with Gasteiger partial charge in [-0.2, -0.15) is 0 Å². The highest BCUT2D eigenvalue weighted by molar-refractivity contribution is 6.09. The van der Waals surface area contributed by atoms with Gasteiger partial charge in [-0.15, -0.1) is 0 Å². The molecule has 0 spiro atoms. The van der Waals surface area contributed by atoms with Crippen molar-refractivity contribution in [3.8, 4) is 0 Å². The van der Waals surface area contributed by atoms with E-state index in [9.17, 15) is 4.79 Å². The molecular formula is C12H14N2O. The first-order chi connectivity index (χ1) is 7.36. The van der Waals surface area contributed by atoms with Crippen molar-refractivity contribution < 1.29 is 4.79 Å². The second kappa shape index (κ2) is 4.73. The van der Waals surface area contributed by atoms with E-state index in [0.29, 0.717) is 6.42 Å². The molecule has 0 amide bonds. The molecule has 0 fully saturated rings.